The Balaban J connectivity index is 1.97. The van der Waals surface area contributed by atoms with Crippen LogP contribution in [0.15, 0.2) is 41.2 Å². The summed E-state index contributed by atoms with van der Waals surface area (Å²) < 4.78 is 1.84. The number of hydrogen-bond donors (Lipinski definition) is 2. The van der Waals surface area contributed by atoms with Gasteiger partial charge in [-0.1, -0.05) is 39.0 Å². The van der Waals surface area contributed by atoms with Crippen LogP contribution in [0, 0.1) is 0 Å². The molecule has 0 saturated heterocycles. The first-order valence-electron chi connectivity index (χ1n) is 9.83. The Morgan fingerprint density at radius 3 is 2.54 bits per heavy atom. The van der Waals surface area contributed by atoms with Crippen molar-refractivity contribution in [3.05, 3.63) is 58.0 Å². The van der Waals surface area contributed by atoms with Gasteiger partial charge in [-0.2, -0.15) is 5.10 Å². The standard InChI is InChI=1S/C22H31N5O/c1-22(2,3)19-18-14-16(15-23-12-9-13-26(4)5)21(28)24-20(18)27(25-19)17-10-7-6-8-11-17/h6-8,10-11,14,23H,9,12-13,15H2,1-5H3,(H,24,28). The molecule has 0 bridgehead atoms. The second-order valence-electron chi connectivity index (χ2n) is 8.57. The van der Waals surface area contributed by atoms with Crippen molar-refractivity contribution in [2.45, 2.75) is 39.2 Å². The van der Waals surface area contributed by atoms with Gasteiger partial charge in [-0.05, 0) is 51.8 Å². The van der Waals surface area contributed by atoms with Gasteiger partial charge in [-0.25, -0.2) is 4.68 Å². The van der Waals surface area contributed by atoms with Gasteiger partial charge in [-0.3, -0.25) is 4.79 Å². The number of pyridine rings is 1. The van der Waals surface area contributed by atoms with Gasteiger partial charge in [0.2, 0.25) is 0 Å². The van der Waals surface area contributed by atoms with E-state index in [1.54, 1.807) is 0 Å². The average molecular weight is 382 g/mol. The van der Waals surface area contributed by atoms with E-state index in [4.69, 9.17) is 5.10 Å². The first-order valence-corrected chi connectivity index (χ1v) is 9.83. The monoisotopic (exact) mass is 381 g/mol. The highest BCUT2D eigenvalue weighted by Crippen LogP contribution is 2.29. The second kappa shape index (κ2) is 8.29. The van der Waals surface area contributed by atoms with Gasteiger partial charge in [-0.15, -0.1) is 0 Å². The summed E-state index contributed by atoms with van der Waals surface area (Å²) in [6.07, 6.45) is 1.05. The number of hydrogen-bond acceptors (Lipinski definition) is 4. The fourth-order valence-corrected chi connectivity index (χ4v) is 3.30. The van der Waals surface area contributed by atoms with Crippen molar-refractivity contribution >= 4 is 11.0 Å². The second-order valence-corrected chi connectivity index (χ2v) is 8.57. The Hall–Kier alpha value is -2.44. The van der Waals surface area contributed by atoms with Crippen LogP contribution in [-0.2, 0) is 12.0 Å². The molecule has 2 heterocycles. The van der Waals surface area contributed by atoms with Crippen LogP contribution in [0.2, 0.25) is 0 Å². The van der Waals surface area contributed by atoms with Gasteiger partial charge in [0, 0.05) is 22.9 Å². The summed E-state index contributed by atoms with van der Waals surface area (Å²) in [6, 6.07) is 11.9. The fraction of sp³-hybridized carbons (Fsp3) is 0.455. The van der Waals surface area contributed by atoms with E-state index < -0.39 is 0 Å². The van der Waals surface area contributed by atoms with Gasteiger partial charge < -0.3 is 15.2 Å². The van der Waals surface area contributed by atoms with Crippen molar-refractivity contribution < 1.29 is 0 Å². The molecular formula is C22H31N5O. The third-order valence-corrected chi connectivity index (χ3v) is 4.75. The number of nitrogens with one attached hydrogen (secondary N) is 2. The molecule has 0 fully saturated rings. The highest BCUT2D eigenvalue weighted by molar-refractivity contribution is 5.81. The van der Waals surface area contributed by atoms with E-state index in [0.717, 1.165) is 47.5 Å². The zero-order chi connectivity index (χ0) is 20.3. The molecule has 150 valence electrons. The normalized spacial score (nSPS) is 12.2. The molecule has 0 aliphatic carbocycles. The summed E-state index contributed by atoms with van der Waals surface area (Å²) >= 11 is 0. The largest absolute Gasteiger partial charge is 0.312 e. The predicted octanol–water partition coefficient (Wildman–Crippen LogP) is 3.05. The molecule has 3 aromatic rings. The van der Waals surface area contributed by atoms with Gasteiger partial charge in [0.1, 0.15) is 5.65 Å². The summed E-state index contributed by atoms with van der Waals surface area (Å²) in [5, 5.41) is 9.25. The van der Waals surface area contributed by atoms with Crippen molar-refractivity contribution in [2.24, 2.45) is 0 Å². The lowest BCUT2D eigenvalue weighted by Gasteiger charge is -2.15. The Morgan fingerprint density at radius 2 is 1.89 bits per heavy atom. The Kier molecular flexibility index (Phi) is 6.01. The summed E-state index contributed by atoms with van der Waals surface area (Å²) in [4.78, 5) is 17.9. The van der Waals surface area contributed by atoms with Crippen LogP contribution >= 0.6 is 0 Å². The average Bonchev–Trinajstić information content (AvgIpc) is 3.00. The summed E-state index contributed by atoms with van der Waals surface area (Å²) in [5.41, 5.74) is 3.22. The number of para-hydroxylation sites is 1. The van der Waals surface area contributed by atoms with Gasteiger partial charge in [0.15, 0.2) is 0 Å². The molecule has 2 N–H and O–H groups in total. The number of H-pyrrole nitrogens is 1. The highest BCUT2D eigenvalue weighted by Gasteiger charge is 2.24. The molecule has 1 aromatic carbocycles. The molecule has 0 radical (unpaired) electrons. The molecule has 0 aliphatic rings. The predicted molar refractivity (Wildman–Crippen MR) is 115 cm³/mol. The van der Waals surface area contributed by atoms with E-state index in [2.05, 4.69) is 50.1 Å². The molecule has 0 unspecified atom stereocenters. The summed E-state index contributed by atoms with van der Waals surface area (Å²) in [7, 11) is 4.13. The van der Waals surface area contributed by atoms with Crippen LogP contribution in [0.5, 0.6) is 0 Å². The number of aromatic nitrogens is 3. The van der Waals surface area contributed by atoms with E-state index >= 15 is 0 Å². The third-order valence-electron chi connectivity index (χ3n) is 4.75. The number of aromatic amines is 1. The Bertz CT molecular complexity index is 980. The molecule has 3 rings (SSSR count). The molecule has 0 spiro atoms. The summed E-state index contributed by atoms with van der Waals surface area (Å²) in [5.74, 6) is 0. The fourth-order valence-electron chi connectivity index (χ4n) is 3.30. The van der Waals surface area contributed by atoms with Gasteiger partial charge in [0.05, 0.1) is 11.4 Å². The molecule has 0 saturated carbocycles. The number of rotatable bonds is 7. The van der Waals surface area contributed by atoms with E-state index in [0.29, 0.717) is 6.54 Å². The van der Waals surface area contributed by atoms with E-state index in [9.17, 15) is 4.79 Å². The van der Waals surface area contributed by atoms with Gasteiger partial charge in [0.25, 0.3) is 5.56 Å². The van der Waals surface area contributed by atoms with E-state index in [-0.39, 0.29) is 11.0 Å². The number of nitrogens with zero attached hydrogens (tertiary/aromatic N) is 3. The van der Waals surface area contributed by atoms with Crippen molar-refractivity contribution in [3.8, 4) is 5.69 Å². The zero-order valence-electron chi connectivity index (χ0n) is 17.5. The maximum absolute atomic E-state index is 12.7. The molecule has 0 aliphatic heterocycles. The smallest absolute Gasteiger partial charge is 0.254 e. The van der Waals surface area contributed by atoms with Crippen molar-refractivity contribution in [1.29, 1.82) is 0 Å². The Labute approximate surface area is 166 Å². The number of benzene rings is 1. The molecule has 0 atom stereocenters. The van der Waals surface area contributed by atoms with Gasteiger partial charge >= 0.3 is 0 Å². The minimum Gasteiger partial charge on any atom is -0.312 e. The molecule has 6 heteroatoms. The van der Waals surface area contributed by atoms with Crippen molar-refractivity contribution in [1.82, 2.24) is 25.0 Å². The quantitative estimate of drug-likeness (QED) is 0.618. The highest BCUT2D eigenvalue weighted by atomic mass is 16.1. The topological polar surface area (TPSA) is 66.0 Å². The zero-order valence-corrected chi connectivity index (χ0v) is 17.5. The van der Waals surface area contributed by atoms with Crippen molar-refractivity contribution in [3.63, 3.8) is 0 Å². The lowest BCUT2D eigenvalue weighted by Crippen LogP contribution is -2.24. The SMILES string of the molecule is CN(C)CCCNCc1cc2c(C(C)(C)C)nn(-c3ccccc3)c2[nH]c1=O. The lowest BCUT2D eigenvalue weighted by atomic mass is 9.90. The van der Waals surface area contributed by atoms with Crippen LogP contribution in [-0.4, -0.2) is 46.8 Å². The minimum atomic E-state index is -0.132. The van der Waals surface area contributed by atoms with Crippen molar-refractivity contribution in [2.75, 3.05) is 27.2 Å². The van der Waals surface area contributed by atoms with Crippen LogP contribution in [0.1, 0.15) is 38.4 Å². The Morgan fingerprint density at radius 1 is 1.18 bits per heavy atom. The molecule has 2 aromatic heterocycles. The summed E-state index contributed by atoms with van der Waals surface area (Å²) in [6.45, 7) is 8.90. The maximum Gasteiger partial charge on any atom is 0.254 e. The van der Waals surface area contributed by atoms with E-state index in [1.807, 2.05) is 41.1 Å². The minimum absolute atomic E-state index is 0.0647. The van der Waals surface area contributed by atoms with E-state index in [1.165, 1.54) is 0 Å². The first kappa shape index (κ1) is 20.3. The maximum atomic E-state index is 12.7. The van der Waals surface area contributed by atoms with Crippen LogP contribution < -0.4 is 10.9 Å². The third kappa shape index (κ3) is 4.51. The lowest BCUT2D eigenvalue weighted by molar-refractivity contribution is 0.394. The van der Waals surface area contributed by atoms with Crippen LogP contribution in [0.4, 0.5) is 0 Å². The first-order chi connectivity index (χ1) is 13.3. The molecule has 0 amide bonds. The van der Waals surface area contributed by atoms with Crippen LogP contribution in [0.3, 0.4) is 0 Å². The number of fused-ring (bicyclic) bond motifs is 1. The molecule has 6 nitrogen and oxygen atoms in total. The van der Waals surface area contributed by atoms with Crippen LogP contribution in [0.25, 0.3) is 16.7 Å². The molecular weight excluding hydrogens is 350 g/mol. The molecule has 28 heavy (non-hydrogen) atoms.